The quantitative estimate of drug-likeness (QED) is 0.114. The normalized spacial score (nSPS) is 10.8. The van der Waals surface area contributed by atoms with Gasteiger partial charge in [0.2, 0.25) is 0 Å². The van der Waals surface area contributed by atoms with Crippen molar-refractivity contribution in [1.29, 1.82) is 0 Å². The van der Waals surface area contributed by atoms with Crippen LogP contribution in [0.2, 0.25) is 0 Å². The fraction of sp³-hybridized carbons (Fsp3) is 0. The van der Waals surface area contributed by atoms with Gasteiger partial charge in [0.05, 0.1) is 0 Å². The van der Waals surface area contributed by atoms with Crippen LogP contribution < -0.4 is 16.0 Å². The van der Waals surface area contributed by atoms with Crippen LogP contribution in [0.25, 0.3) is 99.1 Å². The molecule has 0 saturated carbocycles. The number of fused-ring (bicyclic) bond motifs is 3. The van der Waals surface area contributed by atoms with Crippen LogP contribution in [-0.2, 0) is 0 Å². The Bertz CT molecular complexity index is 4750. The summed E-state index contributed by atoms with van der Waals surface area (Å²) in [6.45, 7) is 0. The van der Waals surface area contributed by atoms with Gasteiger partial charge in [0.25, 0.3) is 0 Å². The van der Waals surface area contributed by atoms with E-state index in [0.29, 0.717) is 0 Å². The van der Waals surface area contributed by atoms with Crippen molar-refractivity contribution >= 4 is 66.4 Å². The number of anilines is 6. The smallest absolute Gasteiger partial charge is 0.0464 e. The third-order valence-corrected chi connectivity index (χ3v) is 15.8. The van der Waals surface area contributed by atoms with Crippen LogP contribution in [0.15, 0.2) is 364 Å². The molecule has 0 aromatic heterocycles. The molecule has 0 atom stereocenters. The number of hydrogen-bond donors (Lipinski definition) is 3. The van der Waals surface area contributed by atoms with Gasteiger partial charge >= 0.3 is 0 Å². The lowest BCUT2D eigenvalue weighted by Crippen LogP contribution is -1.94. The van der Waals surface area contributed by atoms with E-state index in [2.05, 4.69) is 362 Å². The van der Waals surface area contributed by atoms with Crippen LogP contribution in [0.3, 0.4) is 0 Å². The predicted molar refractivity (Wildman–Crippen MR) is 374 cm³/mol. The van der Waals surface area contributed by atoms with Gasteiger partial charge in [-0.05, 0) is 149 Å². The number of benzene rings is 15. The molecular weight excluding hydrogens is 1050 g/mol. The maximum atomic E-state index is 3.69. The van der Waals surface area contributed by atoms with Crippen molar-refractivity contribution in [3.63, 3.8) is 0 Å². The van der Waals surface area contributed by atoms with Gasteiger partial charge in [-0.1, -0.05) is 303 Å². The van der Waals surface area contributed by atoms with Gasteiger partial charge in [-0.2, -0.15) is 0 Å². The molecule has 0 fully saturated rings. The number of para-hydroxylation sites is 2. The van der Waals surface area contributed by atoms with Crippen molar-refractivity contribution in [1.82, 2.24) is 0 Å². The predicted octanol–water partition coefficient (Wildman–Crippen LogP) is 23.8. The van der Waals surface area contributed by atoms with E-state index in [9.17, 15) is 0 Å². The van der Waals surface area contributed by atoms with E-state index in [1.807, 2.05) is 18.2 Å². The average Bonchev–Trinajstić information content (AvgIpc) is 3.68. The van der Waals surface area contributed by atoms with Crippen LogP contribution in [-0.4, -0.2) is 0 Å². The summed E-state index contributed by atoms with van der Waals surface area (Å²) < 4.78 is 0. The van der Waals surface area contributed by atoms with Crippen molar-refractivity contribution in [2.75, 3.05) is 16.0 Å². The Morgan fingerprint density at radius 2 is 0.460 bits per heavy atom. The topological polar surface area (TPSA) is 36.1 Å². The lowest BCUT2D eigenvalue weighted by atomic mass is 9.96. The van der Waals surface area contributed by atoms with Crippen LogP contribution in [0.1, 0.15) is 0 Å². The van der Waals surface area contributed by atoms with Crippen molar-refractivity contribution in [2.45, 2.75) is 0 Å². The zero-order valence-corrected chi connectivity index (χ0v) is 48.1. The summed E-state index contributed by atoms with van der Waals surface area (Å²) in [4.78, 5) is 0. The Labute approximate surface area is 510 Å². The molecule has 0 spiro atoms. The largest absolute Gasteiger partial charge is 0.356 e. The van der Waals surface area contributed by atoms with E-state index in [0.717, 1.165) is 34.1 Å². The third-order valence-electron chi connectivity index (χ3n) is 15.8. The molecule has 0 amide bonds. The first-order valence-electron chi connectivity index (χ1n) is 29.6. The van der Waals surface area contributed by atoms with E-state index in [1.165, 1.54) is 99.1 Å². The van der Waals surface area contributed by atoms with Gasteiger partial charge in [-0.25, -0.2) is 0 Å². The minimum atomic E-state index is 1.08. The highest BCUT2D eigenvalue weighted by Gasteiger charge is 2.12. The number of hydrogen-bond acceptors (Lipinski definition) is 3. The maximum absolute atomic E-state index is 3.69. The average molecular weight is 1110 g/mol. The Balaban J connectivity index is 0.000000122. The van der Waals surface area contributed by atoms with Crippen LogP contribution in [0.4, 0.5) is 34.1 Å². The molecule has 3 N–H and O–H groups in total. The Morgan fingerprint density at radius 3 is 0.977 bits per heavy atom. The zero-order chi connectivity index (χ0) is 58.4. The third kappa shape index (κ3) is 13.0. The van der Waals surface area contributed by atoms with E-state index in [-0.39, 0.29) is 0 Å². The summed E-state index contributed by atoms with van der Waals surface area (Å²) in [6.07, 6.45) is 0. The summed E-state index contributed by atoms with van der Waals surface area (Å²) in [5.74, 6) is 0. The first-order valence-corrected chi connectivity index (χ1v) is 29.6. The van der Waals surface area contributed by atoms with Gasteiger partial charge in [-0.3, -0.25) is 0 Å². The minimum Gasteiger partial charge on any atom is -0.356 e. The van der Waals surface area contributed by atoms with Gasteiger partial charge in [0.15, 0.2) is 0 Å². The molecule has 0 saturated heterocycles. The van der Waals surface area contributed by atoms with E-state index < -0.39 is 0 Å². The van der Waals surface area contributed by atoms with Gasteiger partial charge in [0.1, 0.15) is 0 Å². The molecule has 0 bridgehead atoms. The van der Waals surface area contributed by atoms with Gasteiger partial charge in [0, 0.05) is 45.3 Å². The monoisotopic (exact) mass is 1110 g/mol. The molecule has 15 aromatic carbocycles. The Hall–Kier alpha value is -11.5. The van der Waals surface area contributed by atoms with Gasteiger partial charge in [-0.15, -0.1) is 0 Å². The zero-order valence-electron chi connectivity index (χ0n) is 48.1. The highest BCUT2D eigenvalue weighted by Crippen LogP contribution is 2.38. The molecule has 87 heavy (non-hydrogen) atoms. The molecule has 414 valence electrons. The van der Waals surface area contributed by atoms with Crippen molar-refractivity contribution in [3.8, 4) is 66.8 Å². The molecule has 0 unspecified atom stereocenters. The first kappa shape index (κ1) is 54.7. The van der Waals surface area contributed by atoms with E-state index in [4.69, 9.17) is 0 Å². The molecule has 0 heterocycles. The molecular formula is C84H63N3. The van der Waals surface area contributed by atoms with Crippen molar-refractivity contribution in [2.24, 2.45) is 0 Å². The molecule has 0 aliphatic heterocycles. The van der Waals surface area contributed by atoms with Gasteiger partial charge < -0.3 is 16.0 Å². The number of nitrogens with one attached hydrogen (secondary N) is 3. The van der Waals surface area contributed by atoms with Crippen molar-refractivity contribution < 1.29 is 0 Å². The highest BCUT2D eigenvalue weighted by atomic mass is 14.9. The SMILES string of the molecule is c1cc(Nc2ccccc2-c2cccc3ccccc23)cc(-c2cccc3ccccc23)c1.c1ccc(-c2cccc(Nc3ccc(-c4cccc5ccccc45)cc3)c2)cc1.c1ccc(-c2cccc(Nc3ccccc3-c3ccccc3)c2)cc1. The minimum absolute atomic E-state index is 1.08. The second-order valence-corrected chi connectivity index (χ2v) is 21.5. The molecule has 3 heteroatoms. The van der Waals surface area contributed by atoms with Crippen LogP contribution in [0, 0.1) is 0 Å². The molecule has 3 nitrogen and oxygen atoms in total. The van der Waals surface area contributed by atoms with Crippen molar-refractivity contribution in [3.05, 3.63) is 364 Å². The molecule has 0 aliphatic carbocycles. The maximum Gasteiger partial charge on any atom is 0.0464 e. The summed E-state index contributed by atoms with van der Waals surface area (Å²) in [5.41, 5.74) is 21.2. The molecule has 0 radical (unpaired) electrons. The van der Waals surface area contributed by atoms with Crippen LogP contribution >= 0.6 is 0 Å². The van der Waals surface area contributed by atoms with E-state index >= 15 is 0 Å². The molecule has 15 aromatic rings. The summed E-state index contributed by atoms with van der Waals surface area (Å²) >= 11 is 0. The Kier molecular flexibility index (Phi) is 16.6. The fourth-order valence-electron chi connectivity index (χ4n) is 11.5. The summed E-state index contributed by atoms with van der Waals surface area (Å²) in [5, 5.41) is 18.4. The molecule has 0 aliphatic rings. The molecule has 15 rings (SSSR count). The first-order chi connectivity index (χ1) is 43.1. The highest BCUT2D eigenvalue weighted by molar-refractivity contribution is 6.01. The standard InChI is InChI=1S/C32H23N.C28H21N.C24H19N/c1-3-16-27-23(10-1)12-8-19-29(27)25-14-7-15-26(22-25)33-32-21-6-5-18-31(32)30-20-9-13-24-11-2-4-17-28(24)30;1-2-8-21(9-3-1)24-12-6-13-26(20-24)29-25-18-16-23(17-19-25)28-15-7-11-22-10-4-5-14-27(22)28;1-3-10-19(11-4-1)21-14-9-15-22(18-21)25-24-17-8-7-16-23(24)20-12-5-2-6-13-20/h1-22,33H;1-20,29H;1-18,25H. The van der Waals surface area contributed by atoms with E-state index in [1.54, 1.807) is 0 Å². The lowest BCUT2D eigenvalue weighted by molar-refractivity contribution is 1.52. The summed E-state index contributed by atoms with van der Waals surface area (Å²) in [6, 6.07) is 128. The second-order valence-electron chi connectivity index (χ2n) is 21.5. The lowest BCUT2D eigenvalue weighted by Gasteiger charge is -2.15. The second kappa shape index (κ2) is 26.4. The van der Waals surface area contributed by atoms with Crippen LogP contribution in [0.5, 0.6) is 0 Å². The number of rotatable bonds is 12. The fourth-order valence-corrected chi connectivity index (χ4v) is 11.5. The Morgan fingerprint density at radius 1 is 0.149 bits per heavy atom. The summed E-state index contributed by atoms with van der Waals surface area (Å²) in [7, 11) is 0.